The SMILES string of the molecule is CCN(CC)c1ccc(N2C(=O)NC(=O)/C(=C/c3c4ccccc4cc4ccccc34)C2=O)cc1. The Hall–Kier alpha value is -4.45. The van der Waals surface area contributed by atoms with E-state index < -0.39 is 17.8 Å². The number of urea groups is 1. The second-order valence-corrected chi connectivity index (χ2v) is 8.38. The lowest BCUT2D eigenvalue weighted by atomic mass is 9.94. The van der Waals surface area contributed by atoms with Crippen LogP contribution in [0.2, 0.25) is 0 Å². The van der Waals surface area contributed by atoms with E-state index in [9.17, 15) is 14.4 Å². The Kier molecular flexibility index (Phi) is 5.79. The Morgan fingerprint density at radius 1 is 0.800 bits per heavy atom. The van der Waals surface area contributed by atoms with Gasteiger partial charge in [-0.3, -0.25) is 14.9 Å². The first kappa shape index (κ1) is 22.3. The summed E-state index contributed by atoms with van der Waals surface area (Å²) >= 11 is 0. The van der Waals surface area contributed by atoms with E-state index in [2.05, 4.69) is 30.1 Å². The number of hydrogen-bond acceptors (Lipinski definition) is 4. The number of carbonyl (C=O) groups is 3. The Balaban J connectivity index is 1.61. The minimum atomic E-state index is -0.754. The average Bonchev–Trinajstić information content (AvgIpc) is 2.87. The van der Waals surface area contributed by atoms with Crippen LogP contribution in [0.3, 0.4) is 0 Å². The first-order valence-corrected chi connectivity index (χ1v) is 11.7. The third kappa shape index (κ3) is 3.93. The number of amides is 4. The van der Waals surface area contributed by atoms with Crippen LogP contribution < -0.4 is 15.1 Å². The largest absolute Gasteiger partial charge is 0.372 e. The fraction of sp³-hybridized carbons (Fsp3) is 0.138. The molecule has 4 aromatic carbocycles. The van der Waals surface area contributed by atoms with Gasteiger partial charge in [-0.15, -0.1) is 0 Å². The van der Waals surface area contributed by atoms with Crippen molar-refractivity contribution in [3.63, 3.8) is 0 Å². The number of barbiturate groups is 1. The molecule has 1 N–H and O–H groups in total. The van der Waals surface area contributed by atoms with Crippen LogP contribution in [-0.4, -0.2) is 30.9 Å². The Morgan fingerprint density at radius 3 is 1.94 bits per heavy atom. The molecule has 1 saturated heterocycles. The van der Waals surface area contributed by atoms with E-state index in [1.165, 1.54) is 0 Å². The van der Waals surface area contributed by atoms with Crippen LogP contribution in [-0.2, 0) is 9.59 Å². The van der Waals surface area contributed by atoms with Crippen molar-refractivity contribution in [1.82, 2.24) is 5.32 Å². The van der Waals surface area contributed by atoms with Gasteiger partial charge in [0.05, 0.1) is 5.69 Å². The third-order valence-electron chi connectivity index (χ3n) is 6.44. The number of rotatable bonds is 5. The summed E-state index contributed by atoms with van der Waals surface area (Å²) in [5.41, 5.74) is 2.09. The molecular formula is C29H25N3O3. The minimum absolute atomic E-state index is 0.0843. The quantitative estimate of drug-likeness (QED) is 0.241. The Bertz CT molecular complexity index is 1450. The van der Waals surface area contributed by atoms with Crippen molar-refractivity contribution in [2.75, 3.05) is 22.9 Å². The van der Waals surface area contributed by atoms with Gasteiger partial charge in [0.25, 0.3) is 11.8 Å². The topological polar surface area (TPSA) is 69.7 Å². The molecule has 0 radical (unpaired) electrons. The van der Waals surface area contributed by atoms with E-state index in [4.69, 9.17) is 0 Å². The second kappa shape index (κ2) is 9.06. The van der Waals surface area contributed by atoms with Crippen molar-refractivity contribution in [1.29, 1.82) is 0 Å². The number of nitrogens with one attached hydrogen (secondary N) is 1. The number of anilines is 2. The van der Waals surface area contributed by atoms with Gasteiger partial charge < -0.3 is 4.90 Å². The minimum Gasteiger partial charge on any atom is -0.372 e. The number of fused-ring (bicyclic) bond motifs is 2. The predicted octanol–water partition coefficient (Wildman–Crippen LogP) is 5.51. The lowest BCUT2D eigenvalue weighted by Crippen LogP contribution is -2.54. The van der Waals surface area contributed by atoms with Gasteiger partial charge in [0.15, 0.2) is 0 Å². The van der Waals surface area contributed by atoms with E-state index in [0.717, 1.165) is 50.8 Å². The van der Waals surface area contributed by atoms with Gasteiger partial charge in [0.2, 0.25) is 0 Å². The van der Waals surface area contributed by atoms with E-state index >= 15 is 0 Å². The summed E-state index contributed by atoms with van der Waals surface area (Å²) in [7, 11) is 0. The fourth-order valence-electron chi connectivity index (χ4n) is 4.64. The van der Waals surface area contributed by atoms with E-state index in [1.54, 1.807) is 18.2 Å². The molecule has 1 heterocycles. The molecule has 4 amide bonds. The molecule has 6 nitrogen and oxygen atoms in total. The maximum absolute atomic E-state index is 13.5. The van der Waals surface area contributed by atoms with Crippen molar-refractivity contribution in [3.05, 3.63) is 90.0 Å². The second-order valence-electron chi connectivity index (χ2n) is 8.38. The van der Waals surface area contributed by atoms with Gasteiger partial charge in [0, 0.05) is 18.8 Å². The molecular weight excluding hydrogens is 438 g/mol. The standard InChI is InChI=1S/C29H25N3O3/c1-3-31(4-2)21-13-15-22(16-14-21)32-28(34)26(27(33)30-29(32)35)18-25-23-11-7-5-9-19(23)17-20-10-6-8-12-24(20)25/h5-18H,3-4H2,1-2H3,(H,30,33,35)/b26-18-. The van der Waals surface area contributed by atoms with Crippen LogP contribution in [0.25, 0.3) is 27.6 Å². The molecule has 0 unspecified atom stereocenters. The third-order valence-corrected chi connectivity index (χ3v) is 6.44. The normalized spacial score (nSPS) is 15.2. The molecule has 0 atom stereocenters. The maximum Gasteiger partial charge on any atom is 0.335 e. The van der Waals surface area contributed by atoms with Crippen molar-refractivity contribution in [3.8, 4) is 0 Å². The van der Waals surface area contributed by atoms with Gasteiger partial charge in [-0.1, -0.05) is 48.5 Å². The highest BCUT2D eigenvalue weighted by Gasteiger charge is 2.37. The van der Waals surface area contributed by atoms with Crippen LogP contribution in [0.4, 0.5) is 16.2 Å². The van der Waals surface area contributed by atoms with Gasteiger partial charge in [-0.25, -0.2) is 9.69 Å². The molecule has 0 aliphatic carbocycles. The summed E-state index contributed by atoms with van der Waals surface area (Å²) in [6, 6.07) is 24.2. The lowest BCUT2D eigenvalue weighted by Gasteiger charge is -2.27. The average molecular weight is 464 g/mol. The number of carbonyl (C=O) groups excluding carboxylic acids is 3. The summed E-state index contributed by atoms with van der Waals surface area (Å²) in [5.74, 6) is -1.35. The molecule has 1 fully saturated rings. The monoisotopic (exact) mass is 463 g/mol. The summed E-state index contributed by atoms with van der Waals surface area (Å²) in [4.78, 5) is 42.2. The lowest BCUT2D eigenvalue weighted by molar-refractivity contribution is -0.122. The maximum atomic E-state index is 13.5. The highest BCUT2D eigenvalue weighted by atomic mass is 16.2. The molecule has 1 aliphatic heterocycles. The molecule has 6 heteroatoms. The van der Waals surface area contributed by atoms with Gasteiger partial charge in [-0.05, 0) is 77.4 Å². The zero-order valence-electron chi connectivity index (χ0n) is 19.6. The zero-order chi connectivity index (χ0) is 24.5. The van der Waals surface area contributed by atoms with Crippen molar-refractivity contribution in [2.45, 2.75) is 13.8 Å². The highest BCUT2D eigenvalue weighted by Crippen LogP contribution is 2.32. The number of hydrogen-bond donors (Lipinski definition) is 1. The van der Waals surface area contributed by atoms with Crippen molar-refractivity contribution in [2.24, 2.45) is 0 Å². The van der Waals surface area contributed by atoms with Crippen LogP contribution in [0.1, 0.15) is 19.4 Å². The van der Waals surface area contributed by atoms with Gasteiger partial charge >= 0.3 is 6.03 Å². The first-order chi connectivity index (χ1) is 17.0. The zero-order valence-corrected chi connectivity index (χ0v) is 19.6. The number of benzene rings is 4. The smallest absolute Gasteiger partial charge is 0.335 e. The number of nitrogens with zero attached hydrogens (tertiary/aromatic N) is 2. The van der Waals surface area contributed by atoms with Crippen LogP contribution in [0, 0.1) is 0 Å². The molecule has 0 saturated carbocycles. The van der Waals surface area contributed by atoms with Crippen molar-refractivity contribution >= 4 is 56.8 Å². The molecule has 1 aliphatic rings. The van der Waals surface area contributed by atoms with E-state index in [1.807, 2.05) is 60.7 Å². The molecule has 0 bridgehead atoms. The summed E-state index contributed by atoms with van der Waals surface area (Å²) in [5, 5.41) is 6.18. The molecule has 0 aromatic heterocycles. The number of imide groups is 2. The van der Waals surface area contributed by atoms with E-state index in [-0.39, 0.29) is 5.57 Å². The molecule has 5 rings (SSSR count). The van der Waals surface area contributed by atoms with E-state index in [0.29, 0.717) is 5.69 Å². The summed E-state index contributed by atoms with van der Waals surface area (Å²) in [6.07, 6.45) is 1.60. The molecule has 35 heavy (non-hydrogen) atoms. The summed E-state index contributed by atoms with van der Waals surface area (Å²) in [6.45, 7) is 5.83. The van der Waals surface area contributed by atoms with Crippen LogP contribution in [0.5, 0.6) is 0 Å². The van der Waals surface area contributed by atoms with Crippen LogP contribution in [0.15, 0.2) is 84.4 Å². The Morgan fingerprint density at radius 2 is 1.37 bits per heavy atom. The molecule has 4 aromatic rings. The Labute approximate surface area is 203 Å². The molecule has 174 valence electrons. The summed E-state index contributed by atoms with van der Waals surface area (Å²) < 4.78 is 0. The molecule has 0 spiro atoms. The first-order valence-electron chi connectivity index (χ1n) is 11.7. The van der Waals surface area contributed by atoms with Crippen molar-refractivity contribution < 1.29 is 14.4 Å². The van der Waals surface area contributed by atoms with Gasteiger partial charge in [0.1, 0.15) is 5.57 Å². The predicted molar refractivity (Wildman–Crippen MR) is 140 cm³/mol. The van der Waals surface area contributed by atoms with Gasteiger partial charge in [-0.2, -0.15) is 0 Å². The van der Waals surface area contributed by atoms with Crippen LogP contribution >= 0.6 is 0 Å². The fourth-order valence-corrected chi connectivity index (χ4v) is 4.64. The highest BCUT2D eigenvalue weighted by molar-refractivity contribution is 6.39.